The number of carbonyl (C=O) groups excluding carboxylic acids is 3. The van der Waals surface area contributed by atoms with Crippen molar-refractivity contribution in [2.75, 3.05) is 26.4 Å². The highest BCUT2D eigenvalue weighted by Gasteiger charge is 2.96. The molecule has 7 heterocycles. The highest BCUT2D eigenvalue weighted by atomic mass is 16.7. The van der Waals surface area contributed by atoms with E-state index in [0.29, 0.717) is 61.7 Å². The van der Waals surface area contributed by atoms with Gasteiger partial charge in [-0.3, -0.25) is 14.9 Å². The number of cyclic esters (lactones) is 2. The van der Waals surface area contributed by atoms with Gasteiger partial charge in [-0.05, 0) is 186 Å². The van der Waals surface area contributed by atoms with Crippen molar-refractivity contribution in [1.82, 2.24) is 10.2 Å². The summed E-state index contributed by atoms with van der Waals surface area (Å²) in [5.41, 5.74) is -5.96. The van der Waals surface area contributed by atoms with Crippen molar-refractivity contribution in [2.45, 2.75) is 196 Å². The van der Waals surface area contributed by atoms with Crippen LogP contribution in [0.1, 0.15) is 159 Å². The smallest absolute Gasteiger partial charge is 0.339 e. The van der Waals surface area contributed by atoms with Crippen LogP contribution in [-0.2, 0) is 46.2 Å². The average molecular weight is 1100 g/mol. The van der Waals surface area contributed by atoms with Gasteiger partial charge in [-0.15, -0.1) is 0 Å². The summed E-state index contributed by atoms with van der Waals surface area (Å²) >= 11 is 0. The van der Waals surface area contributed by atoms with Crippen molar-refractivity contribution in [3.05, 3.63) is 84.0 Å². The lowest BCUT2D eigenvalue weighted by Gasteiger charge is -2.72. The summed E-state index contributed by atoms with van der Waals surface area (Å²) in [6.45, 7) is 7.74. The minimum atomic E-state index is -1.51. The lowest BCUT2D eigenvalue weighted by atomic mass is 9.30. The van der Waals surface area contributed by atoms with Gasteiger partial charge >= 0.3 is 11.9 Å². The zero-order chi connectivity index (χ0) is 54.6. The number of nitrogens with zero attached hydrogens (tertiary/aromatic N) is 1. The number of ketones is 1. The fraction of sp³-hybridized carbons (Fsp3) is 0.746. The highest BCUT2D eigenvalue weighted by molar-refractivity contribution is 5.93. The number of furan rings is 1. The molecule has 21 unspecified atom stereocenters. The SMILES string of the molecule is CC1(C)OC23C=CC4C5(CCCC5)CCC45CCC2(C5)C(=O)OCC32C1C(=O)C(O)C1(C3CCCC(Cc4ccccc4)C3)C2CCC2(C)C(c3ccoc3CC(C(O)CO)C3CCC4C(C=CN5CNCC45)C3)OC(=O)C3OC321. The zero-order valence-corrected chi connectivity index (χ0v) is 47.5. The summed E-state index contributed by atoms with van der Waals surface area (Å²) in [6.07, 6.45) is 24.6. The Morgan fingerprint density at radius 1 is 0.863 bits per heavy atom. The lowest BCUT2D eigenvalue weighted by Crippen LogP contribution is -2.81. The molecule has 4 N–H and O–H groups in total. The summed E-state index contributed by atoms with van der Waals surface area (Å²) in [7, 11) is 0. The first-order valence-electron chi connectivity index (χ1n) is 31.8. The fourth-order valence-electron chi connectivity index (χ4n) is 24.4. The summed E-state index contributed by atoms with van der Waals surface area (Å²) in [5.74, 6) is -0.603. The molecular formula is C67H86N2O11. The summed E-state index contributed by atoms with van der Waals surface area (Å²) < 4.78 is 35.7. The van der Waals surface area contributed by atoms with Crippen LogP contribution in [0, 0.1) is 85.8 Å². The number of epoxide rings is 1. The van der Waals surface area contributed by atoms with Gasteiger partial charge in [0.2, 0.25) is 0 Å². The zero-order valence-electron chi connectivity index (χ0n) is 47.5. The highest BCUT2D eigenvalue weighted by Crippen LogP contribution is 2.87. The van der Waals surface area contributed by atoms with Crippen molar-refractivity contribution < 1.29 is 53.1 Å². The minimum absolute atomic E-state index is 0.0000195. The van der Waals surface area contributed by atoms with Crippen LogP contribution in [0.15, 0.2) is 71.5 Å². The molecule has 13 nitrogen and oxygen atoms in total. The van der Waals surface area contributed by atoms with Crippen LogP contribution in [0.5, 0.6) is 0 Å². The summed E-state index contributed by atoms with van der Waals surface area (Å²) in [5, 5.41) is 40.3. The summed E-state index contributed by atoms with van der Waals surface area (Å²) in [6, 6.07) is 13.1. The molecule has 7 saturated carbocycles. The molecule has 430 valence electrons. The van der Waals surface area contributed by atoms with Crippen LogP contribution in [-0.4, -0.2) is 106 Å². The van der Waals surface area contributed by atoms with Crippen LogP contribution < -0.4 is 5.32 Å². The third kappa shape index (κ3) is 6.24. The van der Waals surface area contributed by atoms with Crippen molar-refractivity contribution in [3.63, 3.8) is 0 Å². The molecule has 0 amide bonds. The lowest BCUT2D eigenvalue weighted by molar-refractivity contribution is -0.298. The van der Waals surface area contributed by atoms with Gasteiger partial charge in [-0.25, -0.2) is 4.79 Å². The van der Waals surface area contributed by atoms with E-state index in [1.165, 1.54) is 37.7 Å². The molecule has 6 spiro atoms. The number of hydrogen-bond donors (Lipinski definition) is 4. The minimum Gasteiger partial charge on any atom is -0.469 e. The van der Waals surface area contributed by atoms with Crippen LogP contribution in [0.3, 0.4) is 0 Å². The van der Waals surface area contributed by atoms with Crippen LogP contribution in [0.25, 0.3) is 0 Å². The number of nitrogens with one attached hydrogen (secondary N) is 1. The second-order valence-corrected chi connectivity index (χ2v) is 30.1. The maximum absolute atomic E-state index is 16.7. The fourth-order valence-corrected chi connectivity index (χ4v) is 24.4. The predicted octanol–water partition coefficient (Wildman–Crippen LogP) is 9.12. The van der Waals surface area contributed by atoms with Gasteiger partial charge in [-0.2, -0.15) is 0 Å². The Morgan fingerprint density at radius 2 is 1.68 bits per heavy atom. The number of aliphatic hydroxyl groups is 3. The molecule has 0 radical (unpaired) electrons. The number of benzene rings is 1. The second-order valence-electron chi connectivity index (χ2n) is 30.1. The molecule has 14 aliphatic rings. The van der Waals surface area contributed by atoms with E-state index in [-0.39, 0.29) is 59.5 Å². The molecule has 1 aromatic carbocycles. The number of allylic oxidation sites excluding steroid dienone is 2. The first kappa shape index (κ1) is 51.8. The molecule has 16 rings (SSSR count). The maximum Gasteiger partial charge on any atom is 0.339 e. The van der Waals surface area contributed by atoms with E-state index in [0.717, 1.165) is 83.0 Å². The van der Waals surface area contributed by atoms with E-state index in [2.05, 4.69) is 71.9 Å². The number of fused-ring (bicyclic) bond motifs is 5. The Hall–Kier alpha value is -3.85. The van der Waals surface area contributed by atoms with E-state index in [1.807, 2.05) is 19.9 Å². The van der Waals surface area contributed by atoms with Crippen LogP contribution >= 0.6 is 0 Å². The molecule has 13 heteroatoms. The molecule has 80 heavy (non-hydrogen) atoms. The van der Waals surface area contributed by atoms with Gasteiger partial charge in [0.05, 0.1) is 42.6 Å². The van der Waals surface area contributed by atoms with E-state index in [4.69, 9.17) is 23.4 Å². The number of Topliss-reactive ketones (excluding diaryl/α,β-unsaturated/α-hetero) is 1. The Morgan fingerprint density at radius 3 is 2.50 bits per heavy atom. The molecule has 21 atom stereocenters. The Bertz CT molecular complexity index is 2930. The standard InChI is InChI=1S/C67H86N2O11/c1-59(2)53-52(72)54(73)66(43-13-9-12-40(31-43)30-39-10-5-4-6-11-39)51(64(53)37-77-58(75)63-27-26-62(36-63)25-24-61(20-7-8-21-61)50(62)17-23-65(63,64)80-59)16-22-60(3)55(78-57(74)56-67(60,66)79-56)45-19-29-76-49(45)33-46(48(71)35-70)41-14-15-44-42(32-41)18-28-69-38-68-34-47(44)69/h4-6,10-11,17-19,23,28-29,40-44,46-48,50-51,53-56,68,70-71,73H,7-9,12-16,20-22,24-27,30-38H2,1-3H3. The second kappa shape index (κ2) is 17.4. The molecule has 6 aliphatic heterocycles. The van der Waals surface area contributed by atoms with E-state index < -0.39 is 80.7 Å². The monoisotopic (exact) mass is 1090 g/mol. The molecular weight excluding hydrogens is 1010 g/mol. The van der Waals surface area contributed by atoms with E-state index in [9.17, 15) is 15.3 Å². The van der Waals surface area contributed by atoms with Gasteiger partial charge in [0.15, 0.2) is 11.9 Å². The molecule has 5 saturated heterocycles. The normalized spacial score (nSPS) is 49.2. The molecule has 1 aromatic heterocycles. The van der Waals surface area contributed by atoms with Crippen molar-refractivity contribution >= 4 is 17.7 Å². The number of rotatable bonds is 9. The van der Waals surface area contributed by atoms with Crippen LogP contribution in [0.2, 0.25) is 0 Å². The van der Waals surface area contributed by atoms with Gasteiger partial charge in [0, 0.05) is 35.4 Å². The first-order valence-corrected chi connectivity index (χ1v) is 31.8. The largest absolute Gasteiger partial charge is 0.469 e. The summed E-state index contributed by atoms with van der Waals surface area (Å²) in [4.78, 5) is 50.1. The molecule has 2 aromatic rings. The average Bonchev–Trinajstić information content (AvgIpc) is 3.21. The number of aliphatic hydroxyl groups excluding tert-OH is 3. The molecule has 2 bridgehead atoms. The number of ether oxygens (including phenoxy) is 4. The molecule has 12 fully saturated rings. The van der Waals surface area contributed by atoms with E-state index >= 15 is 14.4 Å². The predicted molar refractivity (Wildman–Crippen MR) is 294 cm³/mol. The Labute approximate surface area is 471 Å². The van der Waals surface area contributed by atoms with E-state index in [1.54, 1.807) is 6.26 Å². The topological polar surface area (TPSA) is 181 Å². The molecule has 8 aliphatic carbocycles. The quantitative estimate of drug-likeness (QED) is 0.106. The third-order valence-electron chi connectivity index (χ3n) is 27.1. The van der Waals surface area contributed by atoms with Crippen molar-refractivity contribution in [2.24, 2.45) is 85.8 Å². The first-order chi connectivity index (χ1) is 38.6. The van der Waals surface area contributed by atoms with Gasteiger partial charge in [-0.1, -0.05) is 81.2 Å². The van der Waals surface area contributed by atoms with Gasteiger partial charge in [0.1, 0.15) is 41.2 Å². The van der Waals surface area contributed by atoms with Gasteiger partial charge in [0.25, 0.3) is 0 Å². The Kier molecular flexibility index (Phi) is 11.3. The maximum atomic E-state index is 16.7. The van der Waals surface area contributed by atoms with Crippen molar-refractivity contribution in [1.29, 1.82) is 0 Å². The van der Waals surface area contributed by atoms with Gasteiger partial charge < -0.3 is 43.6 Å². The Balaban J connectivity index is 0.842. The van der Waals surface area contributed by atoms with Crippen LogP contribution in [0.4, 0.5) is 0 Å². The number of esters is 2. The third-order valence-corrected chi connectivity index (χ3v) is 27.1. The number of hydrogen-bond acceptors (Lipinski definition) is 13. The van der Waals surface area contributed by atoms with Crippen molar-refractivity contribution in [3.8, 4) is 0 Å². The number of carbonyl (C=O) groups is 3.